The Hall–Kier alpha value is -2.04. The van der Waals surface area contributed by atoms with Gasteiger partial charge >= 0.3 is 0 Å². The molecule has 104 valence electrons. The molecule has 1 fully saturated rings. The van der Waals surface area contributed by atoms with Crippen LogP contribution in [0.25, 0.3) is 0 Å². The predicted octanol–water partition coefficient (Wildman–Crippen LogP) is 2.88. The molecule has 0 bridgehead atoms. The van der Waals surface area contributed by atoms with E-state index in [4.69, 9.17) is 9.26 Å². The summed E-state index contributed by atoms with van der Waals surface area (Å²) in [6.45, 7) is 1.33. The normalized spacial score (nSPS) is 17.4. The number of anilines is 1. The van der Waals surface area contributed by atoms with Crippen molar-refractivity contribution in [3.63, 3.8) is 0 Å². The molecule has 2 aromatic rings. The second-order valence-corrected chi connectivity index (χ2v) is 5.43. The summed E-state index contributed by atoms with van der Waals surface area (Å²) in [5.74, 6) is 2.77. The fraction of sp³-hybridized carbons (Fsp3) is 0.467. The maximum Gasteiger partial charge on any atom is 0.264 e. The molecule has 1 saturated carbocycles. The zero-order valence-corrected chi connectivity index (χ0v) is 11.3. The summed E-state index contributed by atoms with van der Waals surface area (Å²) in [5.41, 5.74) is 2.43. The number of fused-ring (bicyclic) bond motifs is 1. The lowest BCUT2D eigenvalue weighted by Gasteiger charge is -2.20. The standard InChI is InChI=1S/C15H17N3O2/c1-3-10-4-2-8-16-14(10)12(5-1)19-9-13-17-15(18-20-13)11-6-7-11/h1,3,5,11,16H,2,4,6-9H2. The lowest BCUT2D eigenvalue weighted by atomic mass is 10.0. The molecule has 1 aliphatic carbocycles. The number of nitrogens with one attached hydrogen (secondary N) is 1. The number of aryl methyl sites for hydroxylation is 1. The molecule has 0 spiro atoms. The van der Waals surface area contributed by atoms with Crippen LogP contribution >= 0.6 is 0 Å². The number of nitrogens with zero attached hydrogens (tertiary/aromatic N) is 2. The van der Waals surface area contributed by atoms with Crippen molar-refractivity contribution in [3.8, 4) is 5.75 Å². The minimum Gasteiger partial charge on any atom is -0.482 e. The van der Waals surface area contributed by atoms with Crippen molar-refractivity contribution in [1.82, 2.24) is 10.1 Å². The van der Waals surface area contributed by atoms with E-state index in [2.05, 4.69) is 21.5 Å². The third-order valence-corrected chi connectivity index (χ3v) is 3.81. The number of aromatic nitrogens is 2. The van der Waals surface area contributed by atoms with Gasteiger partial charge in [-0.1, -0.05) is 17.3 Å². The van der Waals surface area contributed by atoms with Crippen molar-refractivity contribution < 1.29 is 9.26 Å². The zero-order chi connectivity index (χ0) is 13.4. The molecule has 4 rings (SSSR count). The molecular formula is C15H17N3O2. The minimum atomic E-state index is 0.331. The van der Waals surface area contributed by atoms with Crippen molar-refractivity contribution >= 4 is 5.69 Å². The summed E-state index contributed by atoms with van der Waals surface area (Å²) in [6, 6.07) is 6.16. The highest BCUT2D eigenvalue weighted by atomic mass is 16.5. The smallest absolute Gasteiger partial charge is 0.264 e. The van der Waals surface area contributed by atoms with Gasteiger partial charge in [0.15, 0.2) is 12.4 Å². The average molecular weight is 271 g/mol. The van der Waals surface area contributed by atoms with Crippen molar-refractivity contribution in [1.29, 1.82) is 0 Å². The molecule has 1 aromatic carbocycles. The van der Waals surface area contributed by atoms with E-state index >= 15 is 0 Å². The highest BCUT2D eigenvalue weighted by Crippen LogP contribution is 2.38. The Morgan fingerprint density at radius 2 is 2.30 bits per heavy atom. The SMILES string of the molecule is c1cc2c(c(OCc3nc(C4CC4)no3)c1)NCCC2. The van der Waals surface area contributed by atoms with Gasteiger partial charge in [-0.15, -0.1) is 0 Å². The number of hydrogen-bond donors (Lipinski definition) is 1. The van der Waals surface area contributed by atoms with Gasteiger partial charge in [-0.2, -0.15) is 4.98 Å². The van der Waals surface area contributed by atoms with Crippen molar-refractivity contribution in [2.24, 2.45) is 0 Å². The molecule has 5 nitrogen and oxygen atoms in total. The molecule has 2 heterocycles. The Morgan fingerprint density at radius 1 is 1.35 bits per heavy atom. The Morgan fingerprint density at radius 3 is 3.20 bits per heavy atom. The van der Waals surface area contributed by atoms with Crippen LogP contribution < -0.4 is 10.1 Å². The van der Waals surface area contributed by atoms with Gasteiger partial charge < -0.3 is 14.6 Å². The Kier molecular flexibility index (Phi) is 2.83. The molecule has 0 unspecified atom stereocenters. The number of rotatable bonds is 4. The van der Waals surface area contributed by atoms with Crippen molar-refractivity contribution in [2.75, 3.05) is 11.9 Å². The first-order valence-corrected chi connectivity index (χ1v) is 7.21. The summed E-state index contributed by atoms with van der Waals surface area (Å²) < 4.78 is 11.1. The first kappa shape index (κ1) is 11.8. The lowest BCUT2D eigenvalue weighted by molar-refractivity contribution is 0.243. The summed E-state index contributed by atoms with van der Waals surface area (Å²) in [7, 11) is 0. The second-order valence-electron chi connectivity index (χ2n) is 5.43. The summed E-state index contributed by atoms with van der Waals surface area (Å²) in [6.07, 6.45) is 4.63. The van der Waals surface area contributed by atoms with Gasteiger partial charge in [0, 0.05) is 12.5 Å². The summed E-state index contributed by atoms with van der Waals surface area (Å²) >= 11 is 0. The Balaban J connectivity index is 1.48. The van der Waals surface area contributed by atoms with Gasteiger partial charge in [-0.05, 0) is 37.3 Å². The van der Waals surface area contributed by atoms with Gasteiger partial charge in [-0.25, -0.2) is 0 Å². The second kappa shape index (κ2) is 4.81. The van der Waals surface area contributed by atoms with Gasteiger partial charge in [-0.3, -0.25) is 0 Å². The molecule has 20 heavy (non-hydrogen) atoms. The zero-order valence-electron chi connectivity index (χ0n) is 11.3. The first-order chi connectivity index (χ1) is 9.90. The quantitative estimate of drug-likeness (QED) is 0.926. The fourth-order valence-electron chi connectivity index (χ4n) is 2.57. The predicted molar refractivity (Wildman–Crippen MR) is 73.9 cm³/mol. The minimum absolute atomic E-state index is 0.331. The monoisotopic (exact) mass is 271 g/mol. The Labute approximate surface area is 117 Å². The summed E-state index contributed by atoms with van der Waals surface area (Å²) in [5, 5.41) is 7.41. The van der Waals surface area contributed by atoms with Crippen LogP contribution in [0.2, 0.25) is 0 Å². The molecule has 0 radical (unpaired) electrons. The van der Waals surface area contributed by atoms with Gasteiger partial charge in [0.1, 0.15) is 5.75 Å². The number of hydrogen-bond acceptors (Lipinski definition) is 5. The maximum atomic E-state index is 5.85. The van der Waals surface area contributed by atoms with Crippen LogP contribution in [-0.4, -0.2) is 16.7 Å². The van der Waals surface area contributed by atoms with E-state index in [0.29, 0.717) is 18.4 Å². The van der Waals surface area contributed by atoms with Crippen LogP contribution in [0.4, 0.5) is 5.69 Å². The van der Waals surface area contributed by atoms with E-state index in [9.17, 15) is 0 Å². The largest absolute Gasteiger partial charge is 0.482 e. The van der Waals surface area contributed by atoms with E-state index in [1.807, 2.05) is 12.1 Å². The van der Waals surface area contributed by atoms with Crippen LogP contribution in [0.15, 0.2) is 22.7 Å². The van der Waals surface area contributed by atoms with Crippen LogP contribution in [0.5, 0.6) is 5.75 Å². The van der Waals surface area contributed by atoms with E-state index in [-0.39, 0.29) is 0 Å². The molecule has 1 aliphatic heterocycles. The van der Waals surface area contributed by atoms with Crippen LogP contribution in [0, 0.1) is 0 Å². The van der Waals surface area contributed by atoms with Crippen molar-refractivity contribution in [3.05, 3.63) is 35.5 Å². The van der Waals surface area contributed by atoms with Crippen LogP contribution in [0.3, 0.4) is 0 Å². The molecule has 0 amide bonds. The molecule has 0 saturated heterocycles. The molecule has 5 heteroatoms. The molecule has 1 aromatic heterocycles. The number of benzene rings is 1. The van der Waals surface area contributed by atoms with Crippen LogP contribution in [0.1, 0.15) is 42.5 Å². The van der Waals surface area contributed by atoms with Gasteiger partial charge in [0.2, 0.25) is 0 Å². The van der Waals surface area contributed by atoms with Gasteiger partial charge in [0.05, 0.1) is 5.69 Å². The van der Waals surface area contributed by atoms with E-state index < -0.39 is 0 Å². The summed E-state index contributed by atoms with van der Waals surface area (Å²) in [4.78, 5) is 4.38. The van der Waals surface area contributed by atoms with E-state index in [1.54, 1.807) is 0 Å². The van der Waals surface area contributed by atoms with Gasteiger partial charge in [0.25, 0.3) is 5.89 Å². The van der Waals surface area contributed by atoms with Crippen LogP contribution in [-0.2, 0) is 13.0 Å². The van der Waals surface area contributed by atoms with Crippen molar-refractivity contribution in [2.45, 2.75) is 38.2 Å². The third-order valence-electron chi connectivity index (χ3n) is 3.81. The molecule has 1 N–H and O–H groups in total. The topological polar surface area (TPSA) is 60.2 Å². The molecule has 0 atom stereocenters. The first-order valence-electron chi connectivity index (χ1n) is 7.21. The fourth-order valence-corrected chi connectivity index (χ4v) is 2.57. The lowest BCUT2D eigenvalue weighted by Crippen LogP contribution is -2.13. The molecular weight excluding hydrogens is 254 g/mol. The maximum absolute atomic E-state index is 5.85. The number of para-hydroxylation sites is 1. The highest BCUT2D eigenvalue weighted by molar-refractivity contribution is 5.63. The van der Waals surface area contributed by atoms with E-state index in [1.165, 1.54) is 24.8 Å². The average Bonchev–Trinajstić information content (AvgIpc) is 3.24. The van der Waals surface area contributed by atoms with E-state index in [0.717, 1.165) is 30.2 Å². The Bertz CT molecular complexity index is 619. The third kappa shape index (κ3) is 2.24. The number of ether oxygens (including phenoxy) is 1. The highest BCUT2D eigenvalue weighted by Gasteiger charge is 2.28. The molecule has 2 aliphatic rings.